The van der Waals surface area contributed by atoms with E-state index in [0.717, 1.165) is 12.1 Å². The Kier molecular flexibility index (Phi) is 4.09. The number of aryl methyl sites for hydroxylation is 1. The smallest absolute Gasteiger partial charge is 0.242 e. The molecule has 0 atom stereocenters. The number of hydrogen-bond donors (Lipinski definition) is 0. The van der Waals surface area contributed by atoms with E-state index in [4.69, 9.17) is 0 Å². The molecule has 6 nitrogen and oxygen atoms in total. The molecule has 0 aliphatic carbocycles. The zero-order valence-electron chi connectivity index (χ0n) is 14.2. The van der Waals surface area contributed by atoms with Gasteiger partial charge >= 0.3 is 0 Å². The predicted molar refractivity (Wildman–Crippen MR) is 88.8 cm³/mol. The van der Waals surface area contributed by atoms with E-state index in [1.165, 1.54) is 9.47 Å². The molecule has 3 rings (SSSR count). The Hall–Kier alpha value is -2.03. The summed E-state index contributed by atoms with van der Waals surface area (Å²) in [6.07, 6.45) is 0. The van der Waals surface area contributed by atoms with Crippen LogP contribution >= 0.6 is 0 Å². The molecule has 1 aliphatic heterocycles. The maximum absolute atomic E-state index is 13.5. The summed E-state index contributed by atoms with van der Waals surface area (Å²) in [4.78, 5) is 18.3. The highest BCUT2D eigenvalue weighted by atomic mass is 32.2. The number of sulfone groups is 1. The van der Waals surface area contributed by atoms with Crippen molar-refractivity contribution in [2.24, 2.45) is 0 Å². The highest BCUT2D eigenvalue weighted by Gasteiger charge is 2.41. The predicted octanol–water partition coefficient (Wildman–Crippen LogP) is 1.66. The average molecular weight is 371 g/mol. The number of benzene rings is 1. The van der Waals surface area contributed by atoms with Crippen LogP contribution in [-0.4, -0.2) is 52.4 Å². The molecule has 0 spiro atoms. The third-order valence-corrected chi connectivity index (χ3v) is 7.20. The molecular weight excluding hydrogens is 352 g/mol. The number of halogens is 2. The Balaban J connectivity index is 1.88. The van der Waals surface area contributed by atoms with Gasteiger partial charge in [-0.25, -0.2) is 22.2 Å². The lowest BCUT2D eigenvalue weighted by Crippen LogP contribution is -2.55. The van der Waals surface area contributed by atoms with Crippen LogP contribution in [-0.2, 0) is 21.2 Å². The van der Waals surface area contributed by atoms with Crippen LogP contribution < -0.4 is 0 Å². The maximum Gasteiger partial charge on any atom is 0.242 e. The molecule has 0 radical (unpaired) electrons. The first-order chi connectivity index (χ1) is 11.5. The third kappa shape index (κ3) is 3.01. The fourth-order valence-corrected chi connectivity index (χ4v) is 4.40. The zero-order valence-corrected chi connectivity index (χ0v) is 15.0. The van der Waals surface area contributed by atoms with Crippen LogP contribution in [0.3, 0.4) is 0 Å². The monoisotopic (exact) mass is 371 g/mol. The van der Waals surface area contributed by atoms with Crippen LogP contribution in [0.15, 0.2) is 12.1 Å². The molecule has 1 saturated heterocycles. The molecule has 0 unspecified atom stereocenters. The highest BCUT2D eigenvalue weighted by Crippen LogP contribution is 2.25. The van der Waals surface area contributed by atoms with E-state index in [0.29, 0.717) is 11.3 Å². The lowest BCUT2D eigenvalue weighted by atomic mass is 10.2. The lowest BCUT2D eigenvalue weighted by molar-refractivity contribution is -0.132. The van der Waals surface area contributed by atoms with Gasteiger partial charge in [0.25, 0.3) is 0 Å². The highest BCUT2D eigenvalue weighted by molar-refractivity contribution is 7.92. The van der Waals surface area contributed by atoms with Gasteiger partial charge in [-0.1, -0.05) is 0 Å². The summed E-state index contributed by atoms with van der Waals surface area (Å²) in [6, 6.07) is 2.01. The summed E-state index contributed by atoms with van der Waals surface area (Å²) in [5, 5.41) is 0. The topological polar surface area (TPSA) is 72.3 Å². The quantitative estimate of drug-likeness (QED) is 0.805. The molecule has 1 aromatic carbocycles. The number of amides is 1. The second kappa shape index (κ2) is 5.76. The minimum Gasteiger partial charge on any atom is -0.339 e. The largest absolute Gasteiger partial charge is 0.339 e. The molecule has 2 aromatic rings. The molecule has 2 heterocycles. The van der Waals surface area contributed by atoms with Crippen LogP contribution in [0.1, 0.15) is 19.7 Å². The first-order valence-electron chi connectivity index (χ1n) is 7.84. The molecule has 1 aliphatic rings. The van der Waals surface area contributed by atoms with Crippen molar-refractivity contribution in [1.29, 1.82) is 0 Å². The van der Waals surface area contributed by atoms with E-state index in [2.05, 4.69) is 4.98 Å². The first kappa shape index (κ1) is 17.8. The van der Waals surface area contributed by atoms with Gasteiger partial charge in [0.1, 0.15) is 12.4 Å². The molecule has 25 heavy (non-hydrogen) atoms. The second-order valence-corrected chi connectivity index (χ2v) is 9.64. The minimum atomic E-state index is -3.25. The van der Waals surface area contributed by atoms with Gasteiger partial charge < -0.3 is 9.47 Å². The van der Waals surface area contributed by atoms with Gasteiger partial charge in [0.05, 0.1) is 21.5 Å². The summed E-state index contributed by atoms with van der Waals surface area (Å²) in [7, 11) is -3.25. The molecular formula is C16H19F2N3O3S. The number of fused-ring (bicyclic) bond motifs is 1. The van der Waals surface area contributed by atoms with Crippen LogP contribution in [0.4, 0.5) is 8.78 Å². The summed E-state index contributed by atoms with van der Waals surface area (Å²) in [5.41, 5.74) is 0.597. The molecule has 136 valence electrons. The van der Waals surface area contributed by atoms with Crippen molar-refractivity contribution in [2.45, 2.75) is 32.1 Å². The average Bonchev–Trinajstić information content (AvgIpc) is 2.78. The molecule has 1 aromatic heterocycles. The number of imidazole rings is 1. The molecule has 0 bridgehead atoms. The van der Waals surface area contributed by atoms with Crippen LogP contribution in [0.25, 0.3) is 11.0 Å². The van der Waals surface area contributed by atoms with Crippen molar-refractivity contribution in [3.8, 4) is 0 Å². The Labute approximate surface area is 144 Å². The number of nitrogens with zero attached hydrogens (tertiary/aromatic N) is 3. The fraction of sp³-hybridized carbons (Fsp3) is 0.500. The fourth-order valence-electron chi connectivity index (χ4n) is 3.03. The van der Waals surface area contributed by atoms with E-state index in [9.17, 15) is 22.0 Å². The van der Waals surface area contributed by atoms with Crippen molar-refractivity contribution in [2.75, 3.05) is 18.8 Å². The zero-order chi connectivity index (χ0) is 18.6. The minimum absolute atomic E-state index is 0.0881. The summed E-state index contributed by atoms with van der Waals surface area (Å²) in [5.74, 6) is -1.92. The lowest BCUT2D eigenvalue weighted by Gasteiger charge is -2.37. The van der Waals surface area contributed by atoms with E-state index >= 15 is 0 Å². The van der Waals surface area contributed by atoms with Crippen molar-refractivity contribution < 1.29 is 22.0 Å². The van der Waals surface area contributed by atoms with Crippen molar-refractivity contribution in [1.82, 2.24) is 14.5 Å². The third-order valence-electron chi connectivity index (χ3n) is 4.67. The van der Waals surface area contributed by atoms with Gasteiger partial charge in [0, 0.05) is 25.2 Å². The number of aromatic nitrogens is 2. The van der Waals surface area contributed by atoms with E-state index in [1.807, 2.05) is 0 Å². The number of carbonyl (C=O) groups is 1. The molecule has 9 heteroatoms. The summed E-state index contributed by atoms with van der Waals surface area (Å²) < 4.78 is 51.5. The normalized spacial score (nSPS) is 19.3. The Morgan fingerprint density at radius 3 is 2.56 bits per heavy atom. The Morgan fingerprint density at radius 1 is 1.28 bits per heavy atom. The van der Waals surface area contributed by atoms with Crippen LogP contribution in [0, 0.1) is 18.6 Å². The SMILES string of the molecule is Cc1nc2cc(F)c(F)cc2n1CC(=O)N1CCS(=O)(=O)C(C)(C)C1. The Bertz CT molecular complexity index is 967. The molecule has 0 saturated carbocycles. The number of carbonyl (C=O) groups excluding carboxylic acids is 1. The van der Waals surface area contributed by atoms with Crippen molar-refractivity contribution in [3.63, 3.8) is 0 Å². The second-order valence-electron chi connectivity index (χ2n) is 6.89. The molecule has 1 amide bonds. The van der Waals surface area contributed by atoms with Crippen molar-refractivity contribution >= 4 is 26.8 Å². The summed E-state index contributed by atoms with van der Waals surface area (Å²) in [6.45, 7) is 4.95. The molecule has 0 N–H and O–H groups in total. The van der Waals surface area contributed by atoms with Gasteiger partial charge in [-0.05, 0) is 20.8 Å². The number of hydrogen-bond acceptors (Lipinski definition) is 4. The number of rotatable bonds is 2. The van der Waals surface area contributed by atoms with Gasteiger partial charge in [-0.2, -0.15) is 0 Å². The summed E-state index contributed by atoms with van der Waals surface area (Å²) >= 11 is 0. The van der Waals surface area contributed by atoms with Gasteiger partial charge in [0.2, 0.25) is 5.91 Å². The van der Waals surface area contributed by atoms with Crippen LogP contribution in [0.2, 0.25) is 0 Å². The van der Waals surface area contributed by atoms with Gasteiger partial charge in [-0.15, -0.1) is 0 Å². The van der Waals surface area contributed by atoms with E-state index < -0.39 is 26.2 Å². The molecule has 1 fully saturated rings. The first-order valence-corrected chi connectivity index (χ1v) is 9.49. The van der Waals surface area contributed by atoms with Gasteiger partial charge in [-0.3, -0.25) is 4.79 Å². The standard InChI is InChI=1S/C16H19F2N3O3S/c1-10-19-13-6-11(17)12(18)7-14(13)21(10)8-15(22)20-4-5-25(23,24)16(2,3)9-20/h6-7H,4-5,8-9H2,1-3H3. The van der Waals surface area contributed by atoms with Crippen LogP contribution in [0.5, 0.6) is 0 Å². The van der Waals surface area contributed by atoms with E-state index in [1.54, 1.807) is 20.8 Å². The van der Waals surface area contributed by atoms with E-state index in [-0.39, 0.29) is 36.8 Å². The van der Waals surface area contributed by atoms with Crippen molar-refractivity contribution in [3.05, 3.63) is 29.6 Å². The maximum atomic E-state index is 13.5. The van der Waals surface area contributed by atoms with Gasteiger partial charge in [0.15, 0.2) is 21.5 Å². The Morgan fingerprint density at radius 2 is 1.92 bits per heavy atom.